The molecular formula is C15H18BrNO3. The van der Waals surface area contributed by atoms with Crippen molar-refractivity contribution in [1.82, 2.24) is 4.90 Å². The van der Waals surface area contributed by atoms with Gasteiger partial charge in [-0.1, -0.05) is 48.0 Å². The van der Waals surface area contributed by atoms with Gasteiger partial charge >= 0.3 is 5.97 Å². The second-order valence-electron chi connectivity index (χ2n) is 4.86. The van der Waals surface area contributed by atoms with Crippen molar-refractivity contribution in [3.8, 4) is 0 Å². The van der Waals surface area contributed by atoms with Gasteiger partial charge in [-0.25, -0.2) is 0 Å². The molecule has 1 rings (SSSR count). The number of carbonyl (C=O) groups excluding carboxylic acids is 1. The Labute approximate surface area is 127 Å². The molecule has 0 saturated heterocycles. The topological polar surface area (TPSA) is 57.6 Å². The molecule has 0 heterocycles. The monoisotopic (exact) mass is 339 g/mol. The molecule has 0 aliphatic heterocycles. The summed E-state index contributed by atoms with van der Waals surface area (Å²) in [6.07, 6.45) is 3.09. The maximum atomic E-state index is 12.1. The highest BCUT2D eigenvalue weighted by Crippen LogP contribution is 2.17. The van der Waals surface area contributed by atoms with E-state index in [4.69, 9.17) is 5.11 Å². The summed E-state index contributed by atoms with van der Waals surface area (Å²) < 4.78 is 0.887. The number of hydrogen-bond acceptors (Lipinski definition) is 2. The molecule has 1 aromatic rings. The number of nitrogens with zero attached hydrogens (tertiary/aromatic N) is 1. The molecule has 0 aliphatic carbocycles. The first-order valence-electron chi connectivity index (χ1n) is 6.33. The van der Waals surface area contributed by atoms with Gasteiger partial charge in [-0.3, -0.25) is 9.59 Å². The minimum atomic E-state index is -1.01. The van der Waals surface area contributed by atoms with Crippen molar-refractivity contribution < 1.29 is 14.7 Å². The summed E-state index contributed by atoms with van der Waals surface area (Å²) in [5.74, 6) is -1.08. The van der Waals surface area contributed by atoms with E-state index >= 15 is 0 Å². The largest absolute Gasteiger partial charge is 0.480 e. The fourth-order valence-electron chi connectivity index (χ4n) is 1.71. The van der Waals surface area contributed by atoms with E-state index in [1.807, 2.05) is 38.1 Å². The molecule has 1 aromatic carbocycles. The molecule has 0 fully saturated rings. The number of amides is 1. The molecule has 4 nitrogen and oxygen atoms in total. The Bertz CT molecular complexity index is 512. The highest BCUT2D eigenvalue weighted by Gasteiger charge is 2.15. The zero-order valence-electron chi connectivity index (χ0n) is 11.5. The Hall–Kier alpha value is -1.62. The number of carboxylic acid groups (broad SMARTS) is 1. The van der Waals surface area contributed by atoms with Gasteiger partial charge in [0.2, 0.25) is 5.91 Å². The van der Waals surface area contributed by atoms with Gasteiger partial charge in [0.15, 0.2) is 0 Å². The number of benzene rings is 1. The lowest BCUT2D eigenvalue weighted by Gasteiger charge is -2.21. The minimum Gasteiger partial charge on any atom is -0.480 e. The smallest absolute Gasteiger partial charge is 0.323 e. The van der Waals surface area contributed by atoms with E-state index in [-0.39, 0.29) is 18.4 Å². The Morgan fingerprint density at radius 2 is 2.00 bits per heavy atom. The third-order valence-corrected chi connectivity index (χ3v) is 3.26. The summed E-state index contributed by atoms with van der Waals surface area (Å²) in [6, 6.07) is 7.52. The van der Waals surface area contributed by atoms with E-state index in [2.05, 4.69) is 15.9 Å². The Morgan fingerprint density at radius 3 is 2.55 bits per heavy atom. The Balaban J connectivity index is 2.80. The van der Waals surface area contributed by atoms with Crippen molar-refractivity contribution in [2.45, 2.75) is 13.8 Å². The van der Waals surface area contributed by atoms with E-state index in [1.54, 1.807) is 6.08 Å². The summed E-state index contributed by atoms with van der Waals surface area (Å²) in [7, 11) is 0. The van der Waals surface area contributed by atoms with Crippen molar-refractivity contribution in [2.75, 3.05) is 13.1 Å². The minimum absolute atomic E-state index is 0.218. The quantitative estimate of drug-likeness (QED) is 0.810. The number of hydrogen-bond donors (Lipinski definition) is 1. The van der Waals surface area contributed by atoms with Gasteiger partial charge in [-0.15, -0.1) is 0 Å². The van der Waals surface area contributed by atoms with Crippen LogP contribution in [0.1, 0.15) is 19.4 Å². The van der Waals surface area contributed by atoms with Gasteiger partial charge in [-0.2, -0.15) is 0 Å². The standard InChI is InChI=1S/C15H18BrNO3/c1-11(2)9-17(10-15(19)20)14(18)8-7-12-5-3-4-6-13(12)16/h3-8,11H,9-10H2,1-2H3,(H,19,20). The highest BCUT2D eigenvalue weighted by molar-refractivity contribution is 9.10. The SMILES string of the molecule is CC(C)CN(CC(=O)O)C(=O)C=Cc1ccccc1Br. The molecular weight excluding hydrogens is 322 g/mol. The van der Waals surface area contributed by atoms with E-state index < -0.39 is 5.97 Å². The molecule has 0 aliphatic rings. The Kier molecular flexibility index (Phi) is 6.45. The van der Waals surface area contributed by atoms with Crippen LogP contribution in [0.3, 0.4) is 0 Å². The number of carbonyl (C=O) groups is 2. The third kappa shape index (κ3) is 5.57. The zero-order valence-corrected chi connectivity index (χ0v) is 13.1. The average Bonchev–Trinajstić information content (AvgIpc) is 2.35. The van der Waals surface area contributed by atoms with Gasteiger partial charge in [-0.05, 0) is 23.6 Å². The zero-order chi connectivity index (χ0) is 15.1. The third-order valence-electron chi connectivity index (χ3n) is 2.53. The molecule has 0 atom stereocenters. The first-order valence-corrected chi connectivity index (χ1v) is 7.12. The molecule has 0 bridgehead atoms. The summed E-state index contributed by atoms with van der Waals surface area (Å²) >= 11 is 3.39. The van der Waals surface area contributed by atoms with Crippen molar-refractivity contribution in [2.24, 2.45) is 5.92 Å². The molecule has 0 saturated carbocycles. The number of carboxylic acids is 1. The van der Waals surface area contributed by atoms with Gasteiger partial charge in [0.25, 0.3) is 0 Å². The summed E-state index contributed by atoms with van der Waals surface area (Å²) in [4.78, 5) is 24.2. The number of halogens is 1. The normalized spacial score (nSPS) is 11.0. The van der Waals surface area contributed by atoms with Crippen LogP contribution in [0.5, 0.6) is 0 Å². The number of rotatable bonds is 6. The molecule has 0 spiro atoms. The average molecular weight is 340 g/mol. The van der Waals surface area contributed by atoms with Crippen molar-refractivity contribution in [1.29, 1.82) is 0 Å². The lowest BCUT2D eigenvalue weighted by atomic mass is 10.2. The van der Waals surface area contributed by atoms with Gasteiger partial charge in [0.05, 0.1) is 0 Å². The van der Waals surface area contributed by atoms with Crippen LogP contribution in [-0.4, -0.2) is 35.0 Å². The van der Waals surface area contributed by atoms with Crippen LogP contribution in [0.4, 0.5) is 0 Å². The molecule has 1 N–H and O–H groups in total. The van der Waals surface area contributed by atoms with Gasteiger partial charge < -0.3 is 10.0 Å². The second kappa shape index (κ2) is 7.85. The van der Waals surface area contributed by atoms with Crippen molar-refractivity contribution >= 4 is 33.9 Å². The van der Waals surface area contributed by atoms with Crippen LogP contribution in [0.2, 0.25) is 0 Å². The summed E-state index contributed by atoms with van der Waals surface area (Å²) in [5, 5.41) is 8.85. The summed E-state index contributed by atoms with van der Waals surface area (Å²) in [6.45, 7) is 4.03. The van der Waals surface area contributed by atoms with Crippen molar-refractivity contribution in [3.05, 3.63) is 40.4 Å². The lowest BCUT2D eigenvalue weighted by molar-refractivity contribution is -0.143. The molecule has 1 amide bonds. The van der Waals surface area contributed by atoms with Crippen LogP contribution in [0.15, 0.2) is 34.8 Å². The van der Waals surface area contributed by atoms with Gasteiger partial charge in [0.1, 0.15) is 6.54 Å². The van der Waals surface area contributed by atoms with E-state index in [0.29, 0.717) is 6.54 Å². The molecule has 0 aromatic heterocycles. The van der Waals surface area contributed by atoms with Crippen LogP contribution in [0, 0.1) is 5.92 Å². The van der Waals surface area contributed by atoms with Crippen LogP contribution in [0.25, 0.3) is 6.08 Å². The fourth-order valence-corrected chi connectivity index (χ4v) is 2.13. The first-order chi connectivity index (χ1) is 9.40. The van der Waals surface area contributed by atoms with E-state index in [0.717, 1.165) is 10.0 Å². The molecule has 0 unspecified atom stereocenters. The van der Waals surface area contributed by atoms with Crippen LogP contribution in [-0.2, 0) is 9.59 Å². The van der Waals surface area contributed by atoms with Crippen LogP contribution >= 0.6 is 15.9 Å². The van der Waals surface area contributed by atoms with E-state index in [1.165, 1.54) is 11.0 Å². The maximum Gasteiger partial charge on any atom is 0.323 e. The molecule has 0 radical (unpaired) electrons. The van der Waals surface area contributed by atoms with Crippen LogP contribution < -0.4 is 0 Å². The van der Waals surface area contributed by atoms with E-state index in [9.17, 15) is 9.59 Å². The maximum absolute atomic E-state index is 12.1. The molecule has 108 valence electrons. The Morgan fingerprint density at radius 1 is 1.35 bits per heavy atom. The first kappa shape index (κ1) is 16.4. The highest BCUT2D eigenvalue weighted by atomic mass is 79.9. The second-order valence-corrected chi connectivity index (χ2v) is 5.72. The molecule has 5 heteroatoms. The van der Waals surface area contributed by atoms with Gasteiger partial charge in [0, 0.05) is 17.1 Å². The lowest BCUT2D eigenvalue weighted by Crippen LogP contribution is -2.37. The number of aliphatic carboxylic acids is 1. The predicted octanol–water partition coefficient (Wildman–Crippen LogP) is 3.03. The van der Waals surface area contributed by atoms with Crippen molar-refractivity contribution in [3.63, 3.8) is 0 Å². The predicted molar refractivity (Wildman–Crippen MR) is 82.2 cm³/mol. The fraction of sp³-hybridized carbons (Fsp3) is 0.333. The molecule has 20 heavy (non-hydrogen) atoms. The summed E-state index contributed by atoms with van der Waals surface area (Å²) in [5.41, 5.74) is 0.876.